The van der Waals surface area contributed by atoms with E-state index in [2.05, 4.69) is 25.1 Å². The summed E-state index contributed by atoms with van der Waals surface area (Å²) in [5.41, 5.74) is 1.84. The smallest absolute Gasteiger partial charge is 0.234 e. The number of nitrogens with zero attached hydrogens (tertiary/aromatic N) is 4. The van der Waals surface area contributed by atoms with E-state index in [9.17, 15) is 4.79 Å². The fourth-order valence-corrected chi connectivity index (χ4v) is 5.20. The van der Waals surface area contributed by atoms with Gasteiger partial charge in [0.2, 0.25) is 5.91 Å². The van der Waals surface area contributed by atoms with Gasteiger partial charge < -0.3 is 5.32 Å². The molecule has 1 fully saturated rings. The molecular formula is C25H25N5OS. The predicted octanol–water partition coefficient (Wildman–Crippen LogP) is 5.73. The van der Waals surface area contributed by atoms with Gasteiger partial charge in [0.15, 0.2) is 11.0 Å². The van der Waals surface area contributed by atoms with Crippen molar-refractivity contribution in [1.82, 2.24) is 19.7 Å². The molecule has 6 nitrogen and oxygen atoms in total. The van der Waals surface area contributed by atoms with Gasteiger partial charge in [0.05, 0.1) is 5.75 Å². The van der Waals surface area contributed by atoms with Crippen LogP contribution in [0.5, 0.6) is 0 Å². The molecular weight excluding hydrogens is 418 g/mol. The first-order valence-electron chi connectivity index (χ1n) is 11.1. The number of carbonyl (C=O) groups excluding carboxylic acids is 1. The number of rotatable bonds is 6. The molecule has 1 aliphatic carbocycles. The molecule has 0 radical (unpaired) electrons. The molecule has 1 amide bonds. The van der Waals surface area contributed by atoms with Crippen LogP contribution in [0.15, 0.2) is 72.1 Å². The van der Waals surface area contributed by atoms with Gasteiger partial charge in [-0.2, -0.15) is 0 Å². The topological polar surface area (TPSA) is 72.7 Å². The first-order valence-corrected chi connectivity index (χ1v) is 12.0. The van der Waals surface area contributed by atoms with Gasteiger partial charge in [0.25, 0.3) is 0 Å². The summed E-state index contributed by atoms with van der Waals surface area (Å²) < 4.78 is 2.24. The molecule has 32 heavy (non-hydrogen) atoms. The summed E-state index contributed by atoms with van der Waals surface area (Å²) in [5.74, 6) is 1.09. The highest BCUT2D eigenvalue weighted by Crippen LogP contribution is 2.35. The first kappa shape index (κ1) is 20.7. The lowest BCUT2D eigenvalue weighted by Gasteiger charge is -2.25. The van der Waals surface area contributed by atoms with E-state index in [-0.39, 0.29) is 11.7 Å². The van der Waals surface area contributed by atoms with Crippen LogP contribution < -0.4 is 5.32 Å². The highest BCUT2D eigenvalue weighted by atomic mass is 32.2. The number of benzene rings is 2. The zero-order valence-corrected chi connectivity index (χ0v) is 18.6. The molecule has 2 heterocycles. The van der Waals surface area contributed by atoms with Gasteiger partial charge in [-0.05, 0) is 36.4 Å². The summed E-state index contributed by atoms with van der Waals surface area (Å²) in [6.07, 6.45) is 9.49. The molecule has 0 unspecified atom stereocenters. The third-order valence-electron chi connectivity index (χ3n) is 5.94. The van der Waals surface area contributed by atoms with Gasteiger partial charge in [-0.25, -0.2) is 0 Å². The maximum Gasteiger partial charge on any atom is 0.234 e. The van der Waals surface area contributed by atoms with Crippen LogP contribution in [0, 0.1) is 0 Å². The van der Waals surface area contributed by atoms with Gasteiger partial charge in [-0.3, -0.25) is 14.3 Å². The molecule has 1 N–H and O–H groups in total. The molecule has 5 rings (SSSR count). The Morgan fingerprint density at radius 1 is 0.969 bits per heavy atom. The second-order valence-electron chi connectivity index (χ2n) is 8.07. The Balaban J connectivity index is 1.35. The number of hydrogen-bond acceptors (Lipinski definition) is 5. The van der Waals surface area contributed by atoms with Gasteiger partial charge in [-0.15, -0.1) is 10.2 Å². The number of fused-ring (bicyclic) bond motifs is 1. The van der Waals surface area contributed by atoms with Crippen LogP contribution >= 0.6 is 11.8 Å². The van der Waals surface area contributed by atoms with E-state index < -0.39 is 0 Å². The Kier molecular flexibility index (Phi) is 6.16. The highest BCUT2D eigenvalue weighted by Gasteiger charge is 2.24. The number of pyridine rings is 1. The summed E-state index contributed by atoms with van der Waals surface area (Å²) >= 11 is 1.45. The molecule has 2 aromatic heterocycles. The van der Waals surface area contributed by atoms with Gasteiger partial charge in [0, 0.05) is 35.1 Å². The zero-order valence-electron chi connectivity index (χ0n) is 17.8. The SMILES string of the molecule is O=C(CSc1nnc(-c2ccncc2)n1C1CCCCC1)Nc1cccc2ccccc12. The average molecular weight is 444 g/mol. The number of thioether (sulfide) groups is 1. The van der Waals surface area contributed by atoms with Crippen molar-refractivity contribution in [2.24, 2.45) is 0 Å². The second-order valence-corrected chi connectivity index (χ2v) is 9.01. The monoisotopic (exact) mass is 443 g/mol. The van der Waals surface area contributed by atoms with Crippen molar-refractivity contribution in [2.45, 2.75) is 43.3 Å². The minimum absolute atomic E-state index is 0.0463. The summed E-state index contributed by atoms with van der Waals surface area (Å²) in [6.45, 7) is 0. The molecule has 162 valence electrons. The summed E-state index contributed by atoms with van der Waals surface area (Å²) in [5, 5.41) is 15.0. The molecule has 0 aliphatic heterocycles. The van der Waals surface area contributed by atoms with Crippen LogP contribution in [-0.2, 0) is 4.79 Å². The van der Waals surface area contributed by atoms with Crippen LogP contribution in [0.1, 0.15) is 38.1 Å². The minimum Gasteiger partial charge on any atom is -0.325 e. The number of nitrogens with one attached hydrogen (secondary N) is 1. The number of aromatic nitrogens is 4. The lowest BCUT2D eigenvalue weighted by atomic mass is 9.95. The highest BCUT2D eigenvalue weighted by molar-refractivity contribution is 7.99. The van der Waals surface area contributed by atoms with Crippen LogP contribution in [0.25, 0.3) is 22.2 Å². The van der Waals surface area contributed by atoms with E-state index in [4.69, 9.17) is 0 Å². The van der Waals surface area contributed by atoms with Crippen LogP contribution in [-0.4, -0.2) is 31.4 Å². The fraction of sp³-hybridized carbons (Fsp3) is 0.280. The molecule has 0 spiro atoms. The Bertz CT molecular complexity index is 1210. The quantitative estimate of drug-likeness (QED) is 0.385. The Labute approximate surface area is 191 Å². The number of hydrogen-bond donors (Lipinski definition) is 1. The molecule has 4 aromatic rings. The Morgan fingerprint density at radius 2 is 1.75 bits per heavy atom. The summed E-state index contributed by atoms with van der Waals surface area (Å²) in [4.78, 5) is 16.9. The Hall–Kier alpha value is -3.19. The molecule has 7 heteroatoms. The van der Waals surface area contributed by atoms with Gasteiger partial charge in [0.1, 0.15) is 0 Å². The van der Waals surface area contributed by atoms with Crippen LogP contribution in [0.2, 0.25) is 0 Å². The van der Waals surface area contributed by atoms with E-state index in [0.29, 0.717) is 6.04 Å². The number of anilines is 1. The van der Waals surface area contributed by atoms with Crippen molar-refractivity contribution in [3.05, 3.63) is 67.0 Å². The molecule has 0 atom stereocenters. The van der Waals surface area contributed by atoms with E-state index in [1.807, 2.05) is 54.6 Å². The molecule has 0 saturated heterocycles. The third kappa shape index (κ3) is 4.39. The van der Waals surface area contributed by atoms with Crippen molar-refractivity contribution in [3.63, 3.8) is 0 Å². The van der Waals surface area contributed by atoms with E-state index in [1.54, 1.807) is 12.4 Å². The van der Waals surface area contributed by atoms with Crippen molar-refractivity contribution in [3.8, 4) is 11.4 Å². The lowest BCUT2D eigenvalue weighted by Crippen LogP contribution is -2.17. The van der Waals surface area contributed by atoms with Crippen LogP contribution in [0.4, 0.5) is 5.69 Å². The minimum atomic E-state index is -0.0463. The fourth-order valence-electron chi connectivity index (χ4n) is 4.39. The van der Waals surface area contributed by atoms with Gasteiger partial charge >= 0.3 is 0 Å². The summed E-state index contributed by atoms with van der Waals surface area (Å²) in [7, 11) is 0. The van der Waals surface area contributed by atoms with Gasteiger partial charge in [-0.1, -0.05) is 67.4 Å². The third-order valence-corrected chi connectivity index (χ3v) is 6.88. The van der Waals surface area contributed by atoms with Crippen molar-refractivity contribution in [1.29, 1.82) is 0 Å². The normalized spacial score (nSPS) is 14.5. The predicted molar refractivity (Wildman–Crippen MR) is 129 cm³/mol. The molecule has 2 aromatic carbocycles. The molecule has 1 saturated carbocycles. The van der Waals surface area contributed by atoms with Crippen molar-refractivity contribution >= 4 is 34.1 Å². The van der Waals surface area contributed by atoms with E-state index in [0.717, 1.165) is 45.8 Å². The lowest BCUT2D eigenvalue weighted by molar-refractivity contribution is -0.113. The largest absolute Gasteiger partial charge is 0.325 e. The van der Waals surface area contributed by atoms with E-state index >= 15 is 0 Å². The first-order chi connectivity index (χ1) is 15.8. The average Bonchev–Trinajstić information content (AvgIpc) is 3.28. The van der Waals surface area contributed by atoms with E-state index in [1.165, 1.54) is 31.0 Å². The molecule has 0 bridgehead atoms. The van der Waals surface area contributed by atoms with Crippen LogP contribution in [0.3, 0.4) is 0 Å². The van der Waals surface area contributed by atoms with Crippen molar-refractivity contribution < 1.29 is 4.79 Å². The number of carbonyl (C=O) groups is 1. The summed E-state index contributed by atoms with van der Waals surface area (Å²) in [6, 6.07) is 18.3. The zero-order chi connectivity index (χ0) is 21.8. The standard InChI is InChI=1S/C25H25N5OS/c31-23(27-22-12-6-8-18-7-4-5-11-21(18)22)17-32-25-29-28-24(19-13-15-26-16-14-19)30(25)20-9-2-1-3-10-20/h4-8,11-16,20H,1-3,9-10,17H2,(H,27,31). The Morgan fingerprint density at radius 3 is 2.59 bits per heavy atom. The number of amides is 1. The maximum atomic E-state index is 12.8. The second kappa shape index (κ2) is 9.53. The molecule has 1 aliphatic rings. The van der Waals surface area contributed by atoms with Crippen molar-refractivity contribution in [2.75, 3.05) is 11.1 Å². The maximum absolute atomic E-state index is 12.8.